The van der Waals surface area contributed by atoms with Crippen LogP contribution in [0, 0.1) is 5.92 Å². The summed E-state index contributed by atoms with van der Waals surface area (Å²) < 4.78 is 7.52. The molecule has 166 valence electrons. The Balaban J connectivity index is 1.37. The first-order chi connectivity index (χ1) is 15.2. The van der Waals surface area contributed by atoms with Crippen LogP contribution in [-0.4, -0.2) is 51.4 Å². The van der Waals surface area contributed by atoms with Gasteiger partial charge in [-0.05, 0) is 56.6 Å². The van der Waals surface area contributed by atoms with Gasteiger partial charge < -0.3 is 9.64 Å². The van der Waals surface area contributed by atoms with Crippen molar-refractivity contribution in [1.82, 2.24) is 14.5 Å². The number of fused-ring (bicyclic) bond motifs is 2. The Bertz CT molecular complexity index is 999. The number of piperidine rings is 1. The Morgan fingerprint density at radius 2 is 1.94 bits per heavy atom. The van der Waals surface area contributed by atoms with Gasteiger partial charge in [0.05, 0.1) is 29.3 Å². The summed E-state index contributed by atoms with van der Waals surface area (Å²) in [7, 11) is 0. The van der Waals surface area contributed by atoms with E-state index < -0.39 is 0 Å². The molecule has 5 rings (SSSR count). The monoisotopic (exact) mass is 441 g/mol. The molecule has 0 spiro atoms. The molecule has 0 N–H and O–H groups in total. The van der Waals surface area contributed by atoms with Crippen LogP contribution in [-0.2, 0) is 16.1 Å². The molecular formula is C24H31N3O3S. The molecule has 1 aromatic carbocycles. The first-order valence-corrected chi connectivity index (χ1v) is 12.7. The summed E-state index contributed by atoms with van der Waals surface area (Å²) in [5, 5.41) is 1.25. The molecule has 1 amide bonds. The molecule has 3 atom stereocenters. The second-order valence-electron chi connectivity index (χ2n) is 9.09. The van der Waals surface area contributed by atoms with Crippen molar-refractivity contribution in [3.8, 4) is 0 Å². The first-order valence-electron chi connectivity index (χ1n) is 11.7. The van der Waals surface area contributed by atoms with Crippen LogP contribution in [0.25, 0.3) is 10.9 Å². The quantitative estimate of drug-likeness (QED) is 0.521. The van der Waals surface area contributed by atoms with Crippen molar-refractivity contribution in [1.29, 1.82) is 0 Å². The van der Waals surface area contributed by atoms with Gasteiger partial charge in [0.1, 0.15) is 0 Å². The van der Waals surface area contributed by atoms with Gasteiger partial charge in [-0.3, -0.25) is 14.2 Å². The Hall–Kier alpha value is -1.86. The minimum absolute atomic E-state index is 0.0404. The highest BCUT2D eigenvalue weighted by Crippen LogP contribution is 2.35. The number of rotatable bonds is 5. The molecule has 1 aliphatic carbocycles. The molecule has 7 heteroatoms. The Morgan fingerprint density at radius 3 is 2.81 bits per heavy atom. The average molecular weight is 442 g/mol. The molecule has 2 saturated heterocycles. The number of thioether (sulfide) groups is 1. The SMILES string of the molecule is O=C(CSc1nc2ccccc2c(=O)n1CC1CCCO1)N1CCCC2CCCCC21. The third kappa shape index (κ3) is 4.40. The van der Waals surface area contributed by atoms with Crippen LogP contribution in [0.4, 0.5) is 0 Å². The number of aromatic nitrogens is 2. The summed E-state index contributed by atoms with van der Waals surface area (Å²) in [6.07, 6.45) is 9.32. The predicted octanol–water partition coefficient (Wildman–Crippen LogP) is 3.85. The average Bonchev–Trinajstić information content (AvgIpc) is 3.32. The van der Waals surface area contributed by atoms with Crippen molar-refractivity contribution in [2.45, 2.75) is 75.2 Å². The number of nitrogens with zero attached hydrogens (tertiary/aromatic N) is 3. The minimum atomic E-state index is -0.0404. The van der Waals surface area contributed by atoms with Crippen molar-refractivity contribution in [3.63, 3.8) is 0 Å². The summed E-state index contributed by atoms with van der Waals surface area (Å²) in [5.41, 5.74) is 0.651. The van der Waals surface area contributed by atoms with Gasteiger partial charge in [0, 0.05) is 19.2 Å². The number of ether oxygens (including phenoxy) is 1. The van der Waals surface area contributed by atoms with Crippen LogP contribution in [0.5, 0.6) is 0 Å². The number of carbonyl (C=O) groups is 1. The van der Waals surface area contributed by atoms with E-state index in [1.54, 1.807) is 4.57 Å². The zero-order valence-corrected chi connectivity index (χ0v) is 18.8. The van der Waals surface area contributed by atoms with Crippen LogP contribution in [0.1, 0.15) is 51.4 Å². The van der Waals surface area contributed by atoms with Gasteiger partial charge in [0.25, 0.3) is 5.56 Å². The number of likely N-dealkylation sites (tertiary alicyclic amines) is 1. The smallest absolute Gasteiger partial charge is 0.262 e. The molecule has 31 heavy (non-hydrogen) atoms. The van der Waals surface area contributed by atoms with Crippen LogP contribution < -0.4 is 5.56 Å². The number of carbonyl (C=O) groups excluding carboxylic acids is 1. The zero-order chi connectivity index (χ0) is 21.2. The number of para-hydroxylation sites is 1. The highest BCUT2D eigenvalue weighted by molar-refractivity contribution is 7.99. The van der Waals surface area contributed by atoms with Gasteiger partial charge in [-0.15, -0.1) is 0 Å². The van der Waals surface area contributed by atoms with Gasteiger partial charge in [-0.2, -0.15) is 0 Å². The van der Waals surface area contributed by atoms with E-state index >= 15 is 0 Å². The second-order valence-corrected chi connectivity index (χ2v) is 10.0. The van der Waals surface area contributed by atoms with Crippen LogP contribution in [0.2, 0.25) is 0 Å². The maximum atomic E-state index is 13.2. The molecule has 2 aromatic rings. The van der Waals surface area contributed by atoms with Crippen molar-refractivity contribution in [2.75, 3.05) is 18.9 Å². The molecule has 1 aromatic heterocycles. The standard InChI is InChI=1S/C24H31N3O3S/c28-22(26-13-5-8-17-7-1-4-12-21(17)26)16-31-24-25-20-11-3-2-10-19(20)23(29)27(24)15-18-9-6-14-30-18/h2-3,10-11,17-18,21H,1,4-9,12-16H2. The van der Waals surface area contributed by atoms with Crippen molar-refractivity contribution in [2.24, 2.45) is 5.92 Å². The van der Waals surface area contributed by atoms with E-state index in [9.17, 15) is 9.59 Å². The molecule has 3 unspecified atom stereocenters. The minimum Gasteiger partial charge on any atom is -0.376 e. The Kier molecular flexibility index (Phi) is 6.32. The lowest BCUT2D eigenvalue weighted by atomic mass is 9.78. The van der Waals surface area contributed by atoms with Crippen LogP contribution in [0.15, 0.2) is 34.2 Å². The zero-order valence-electron chi connectivity index (χ0n) is 18.0. The van der Waals surface area contributed by atoms with E-state index in [0.29, 0.717) is 40.3 Å². The predicted molar refractivity (Wildman–Crippen MR) is 122 cm³/mol. The summed E-state index contributed by atoms with van der Waals surface area (Å²) in [5.74, 6) is 1.19. The van der Waals surface area contributed by atoms with Crippen molar-refractivity contribution < 1.29 is 9.53 Å². The van der Waals surface area contributed by atoms with E-state index in [4.69, 9.17) is 9.72 Å². The number of hydrogen-bond acceptors (Lipinski definition) is 5. The highest BCUT2D eigenvalue weighted by Gasteiger charge is 2.35. The van der Waals surface area contributed by atoms with Gasteiger partial charge >= 0.3 is 0 Å². The van der Waals surface area contributed by atoms with Gasteiger partial charge in [-0.25, -0.2) is 4.98 Å². The van der Waals surface area contributed by atoms with E-state index in [2.05, 4.69) is 4.90 Å². The fourth-order valence-corrected chi connectivity index (χ4v) is 6.45. The van der Waals surface area contributed by atoms with E-state index in [1.165, 1.54) is 37.4 Å². The fourth-order valence-electron chi connectivity index (χ4n) is 5.55. The molecule has 3 fully saturated rings. The lowest BCUT2D eigenvalue weighted by Crippen LogP contribution is -2.50. The van der Waals surface area contributed by atoms with Gasteiger partial charge in [0.2, 0.25) is 5.91 Å². The molecule has 3 heterocycles. The lowest BCUT2D eigenvalue weighted by Gasteiger charge is -2.44. The van der Waals surface area contributed by atoms with Gasteiger partial charge in [0.15, 0.2) is 5.16 Å². The molecular weight excluding hydrogens is 410 g/mol. The van der Waals surface area contributed by atoms with Crippen molar-refractivity contribution >= 4 is 28.6 Å². The molecule has 0 radical (unpaired) electrons. The number of amides is 1. The first kappa shape index (κ1) is 21.0. The topological polar surface area (TPSA) is 64.4 Å². The van der Waals surface area contributed by atoms with Crippen LogP contribution in [0.3, 0.4) is 0 Å². The number of hydrogen-bond donors (Lipinski definition) is 0. The lowest BCUT2D eigenvalue weighted by molar-refractivity contribution is -0.134. The normalized spacial score (nSPS) is 26.2. The summed E-state index contributed by atoms with van der Waals surface area (Å²) in [6.45, 7) is 2.12. The Labute approximate surface area is 187 Å². The molecule has 6 nitrogen and oxygen atoms in total. The number of benzene rings is 1. The molecule has 0 bridgehead atoms. The van der Waals surface area contributed by atoms with E-state index in [0.717, 1.165) is 38.8 Å². The molecule has 1 saturated carbocycles. The van der Waals surface area contributed by atoms with E-state index in [-0.39, 0.29) is 17.6 Å². The largest absolute Gasteiger partial charge is 0.376 e. The highest BCUT2D eigenvalue weighted by atomic mass is 32.2. The van der Waals surface area contributed by atoms with E-state index in [1.807, 2.05) is 24.3 Å². The maximum Gasteiger partial charge on any atom is 0.262 e. The van der Waals surface area contributed by atoms with Gasteiger partial charge in [-0.1, -0.05) is 36.7 Å². The Morgan fingerprint density at radius 1 is 1.10 bits per heavy atom. The fraction of sp³-hybridized carbons (Fsp3) is 0.625. The second kappa shape index (κ2) is 9.33. The third-order valence-corrected chi connectivity index (χ3v) is 8.09. The maximum absolute atomic E-state index is 13.2. The summed E-state index contributed by atoms with van der Waals surface area (Å²) in [6, 6.07) is 7.88. The van der Waals surface area contributed by atoms with Crippen molar-refractivity contribution in [3.05, 3.63) is 34.6 Å². The summed E-state index contributed by atoms with van der Waals surface area (Å²) >= 11 is 1.41. The molecule has 3 aliphatic rings. The molecule has 2 aliphatic heterocycles. The summed E-state index contributed by atoms with van der Waals surface area (Å²) in [4.78, 5) is 33.3. The van der Waals surface area contributed by atoms with Crippen LogP contribution >= 0.6 is 11.8 Å². The third-order valence-electron chi connectivity index (χ3n) is 7.13.